The molecule has 0 unspecified atom stereocenters. The van der Waals surface area contributed by atoms with Gasteiger partial charge in [0, 0.05) is 28.8 Å². The molecule has 1 aromatic rings. The van der Waals surface area contributed by atoms with Crippen LogP contribution in [-0.2, 0) is 6.54 Å². The molecule has 15 heavy (non-hydrogen) atoms. The van der Waals surface area contributed by atoms with E-state index in [1.165, 1.54) is 4.90 Å². The number of hydrogen-bond donors (Lipinski definition) is 2. The van der Waals surface area contributed by atoms with Gasteiger partial charge >= 0.3 is 0 Å². The van der Waals surface area contributed by atoms with Crippen LogP contribution in [0.25, 0.3) is 0 Å². The highest BCUT2D eigenvalue weighted by Gasteiger charge is 2.06. The molecule has 0 heterocycles. The van der Waals surface area contributed by atoms with Crippen LogP contribution in [0.1, 0.15) is 12.0 Å². The minimum atomic E-state index is 0.245. The van der Waals surface area contributed by atoms with E-state index in [4.69, 9.17) is 16.7 Å². The first-order valence-corrected chi connectivity index (χ1v) is 6.31. The fourth-order valence-electron chi connectivity index (χ4n) is 1.27. The monoisotopic (exact) mass is 245 g/mol. The zero-order valence-corrected chi connectivity index (χ0v) is 10.4. The van der Waals surface area contributed by atoms with Crippen molar-refractivity contribution in [2.24, 2.45) is 0 Å². The molecule has 0 aromatic heterocycles. The molecular weight excluding hydrogens is 230 g/mol. The molecule has 0 bridgehead atoms. The van der Waals surface area contributed by atoms with Gasteiger partial charge in [-0.2, -0.15) is 0 Å². The van der Waals surface area contributed by atoms with Crippen LogP contribution in [0.4, 0.5) is 0 Å². The van der Waals surface area contributed by atoms with E-state index in [0.29, 0.717) is 0 Å². The van der Waals surface area contributed by atoms with Gasteiger partial charge in [0.05, 0.1) is 0 Å². The lowest BCUT2D eigenvalue weighted by molar-refractivity contribution is 0.296. The fraction of sp³-hybridized carbons (Fsp3) is 0.455. The summed E-state index contributed by atoms with van der Waals surface area (Å²) in [5.41, 5.74) is 1.14. The third-order valence-corrected chi connectivity index (χ3v) is 3.53. The van der Waals surface area contributed by atoms with Gasteiger partial charge in [0.1, 0.15) is 0 Å². The van der Waals surface area contributed by atoms with E-state index < -0.39 is 0 Å². The Morgan fingerprint density at radius 1 is 1.47 bits per heavy atom. The maximum atomic E-state index is 8.72. The highest BCUT2D eigenvalue weighted by Crippen LogP contribution is 2.28. The lowest BCUT2D eigenvalue weighted by Gasteiger charge is -2.10. The summed E-state index contributed by atoms with van der Waals surface area (Å²) >= 11 is 7.86. The standard InChI is InChI=1S/C11H16ClNOS/c1-13-8-9-10(12)4-2-5-11(9)15-7-3-6-14/h2,4-5,13-14H,3,6-8H2,1H3. The number of halogens is 1. The normalized spacial score (nSPS) is 10.6. The summed E-state index contributed by atoms with van der Waals surface area (Å²) in [6.45, 7) is 1.02. The van der Waals surface area contributed by atoms with E-state index in [2.05, 4.69) is 11.4 Å². The van der Waals surface area contributed by atoms with Gasteiger partial charge in [-0.3, -0.25) is 0 Å². The van der Waals surface area contributed by atoms with Gasteiger partial charge in [-0.1, -0.05) is 17.7 Å². The first-order valence-electron chi connectivity index (χ1n) is 4.95. The van der Waals surface area contributed by atoms with Gasteiger partial charge in [-0.25, -0.2) is 0 Å². The molecule has 0 fully saturated rings. The van der Waals surface area contributed by atoms with E-state index in [0.717, 1.165) is 29.3 Å². The summed E-state index contributed by atoms with van der Waals surface area (Å²) in [6.07, 6.45) is 0.816. The van der Waals surface area contributed by atoms with Crippen molar-refractivity contribution in [1.29, 1.82) is 0 Å². The Labute approximate surface area is 100 Å². The molecule has 4 heteroatoms. The minimum absolute atomic E-state index is 0.245. The van der Waals surface area contributed by atoms with Gasteiger partial charge < -0.3 is 10.4 Å². The van der Waals surface area contributed by atoms with Crippen molar-refractivity contribution in [3.63, 3.8) is 0 Å². The number of aliphatic hydroxyl groups excluding tert-OH is 1. The van der Waals surface area contributed by atoms with Crippen molar-refractivity contribution in [3.8, 4) is 0 Å². The summed E-state index contributed by atoms with van der Waals surface area (Å²) in [5.74, 6) is 0.924. The lowest BCUT2D eigenvalue weighted by Crippen LogP contribution is -2.07. The third-order valence-electron chi connectivity index (χ3n) is 1.99. The highest BCUT2D eigenvalue weighted by atomic mass is 35.5. The second-order valence-electron chi connectivity index (χ2n) is 3.17. The molecule has 2 nitrogen and oxygen atoms in total. The topological polar surface area (TPSA) is 32.3 Å². The number of rotatable bonds is 6. The van der Waals surface area contributed by atoms with Crippen molar-refractivity contribution < 1.29 is 5.11 Å². The summed E-state index contributed by atoms with van der Waals surface area (Å²) in [5, 5.41) is 12.6. The Balaban J connectivity index is 2.71. The number of nitrogens with one attached hydrogen (secondary N) is 1. The van der Waals surface area contributed by atoms with Gasteiger partial charge in [-0.05, 0) is 31.2 Å². The summed E-state index contributed by atoms with van der Waals surface area (Å²) < 4.78 is 0. The summed E-state index contributed by atoms with van der Waals surface area (Å²) in [4.78, 5) is 1.20. The maximum absolute atomic E-state index is 8.72. The molecule has 1 aromatic carbocycles. The Bertz CT molecular complexity index is 307. The van der Waals surface area contributed by atoms with Crippen molar-refractivity contribution in [1.82, 2.24) is 5.32 Å². The van der Waals surface area contributed by atoms with Gasteiger partial charge in [-0.15, -0.1) is 11.8 Å². The smallest absolute Gasteiger partial charge is 0.0462 e. The van der Waals surface area contributed by atoms with Crippen LogP contribution in [0.5, 0.6) is 0 Å². The number of thioether (sulfide) groups is 1. The average Bonchev–Trinajstić information content (AvgIpc) is 2.23. The average molecular weight is 246 g/mol. The number of benzene rings is 1. The third kappa shape index (κ3) is 4.03. The SMILES string of the molecule is CNCc1c(Cl)cccc1SCCCO. The number of aliphatic hydroxyl groups is 1. The Kier molecular flexibility index (Phi) is 6.10. The molecule has 0 atom stereocenters. The number of hydrogen-bond acceptors (Lipinski definition) is 3. The van der Waals surface area contributed by atoms with Crippen LogP contribution in [0.15, 0.2) is 23.1 Å². The van der Waals surface area contributed by atoms with E-state index >= 15 is 0 Å². The Hall–Kier alpha value is -0.220. The van der Waals surface area contributed by atoms with Crippen LogP contribution >= 0.6 is 23.4 Å². The fourth-order valence-corrected chi connectivity index (χ4v) is 2.59. The molecule has 0 saturated heterocycles. The van der Waals surface area contributed by atoms with Gasteiger partial charge in [0.15, 0.2) is 0 Å². The van der Waals surface area contributed by atoms with Crippen molar-refractivity contribution in [2.75, 3.05) is 19.4 Å². The second kappa shape index (κ2) is 7.12. The van der Waals surface area contributed by atoms with Crippen molar-refractivity contribution >= 4 is 23.4 Å². The van der Waals surface area contributed by atoms with Gasteiger partial charge in [0.25, 0.3) is 0 Å². The largest absolute Gasteiger partial charge is 0.396 e. The van der Waals surface area contributed by atoms with Crippen LogP contribution in [0.3, 0.4) is 0 Å². The van der Waals surface area contributed by atoms with E-state index in [1.807, 2.05) is 19.2 Å². The Morgan fingerprint density at radius 2 is 2.27 bits per heavy atom. The minimum Gasteiger partial charge on any atom is -0.396 e. The van der Waals surface area contributed by atoms with Crippen LogP contribution in [0.2, 0.25) is 5.02 Å². The Morgan fingerprint density at radius 3 is 2.93 bits per heavy atom. The zero-order chi connectivity index (χ0) is 11.1. The van der Waals surface area contributed by atoms with E-state index in [9.17, 15) is 0 Å². The first kappa shape index (κ1) is 12.8. The lowest BCUT2D eigenvalue weighted by atomic mass is 10.2. The molecule has 0 aliphatic rings. The summed E-state index contributed by atoms with van der Waals surface area (Å²) in [7, 11) is 1.91. The second-order valence-corrected chi connectivity index (χ2v) is 4.72. The quantitative estimate of drug-likeness (QED) is 0.597. The van der Waals surface area contributed by atoms with Gasteiger partial charge in [0.2, 0.25) is 0 Å². The molecule has 0 saturated carbocycles. The molecule has 0 spiro atoms. The molecule has 0 aliphatic carbocycles. The predicted molar refractivity (Wildman–Crippen MR) is 66.6 cm³/mol. The molecule has 84 valence electrons. The molecule has 2 N–H and O–H groups in total. The highest BCUT2D eigenvalue weighted by molar-refractivity contribution is 7.99. The summed E-state index contributed by atoms with van der Waals surface area (Å²) in [6, 6.07) is 5.94. The van der Waals surface area contributed by atoms with Crippen LogP contribution in [-0.4, -0.2) is 24.5 Å². The predicted octanol–water partition coefficient (Wildman–Crippen LogP) is 2.53. The van der Waals surface area contributed by atoms with Crippen LogP contribution < -0.4 is 5.32 Å². The van der Waals surface area contributed by atoms with Crippen molar-refractivity contribution in [3.05, 3.63) is 28.8 Å². The molecule has 0 amide bonds. The zero-order valence-electron chi connectivity index (χ0n) is 8.79. The van der Waals surface area contributed by atoms with E-state index in [1.54, 1.807) is 11.8 Å². The van der Waals surface area contributed by atoms with Crippen LogP contribution in [0, 0.1) is 0 Å². The molecule has 1 rings (SSSR count). The first-order chi connectivity index (χ1) is 7.29. The maximum Gasteiger partial charge on any atom is 0.0462 e. The van der Waals surface area contributed by atoms with Crippen molar-refractivity contribution in [2.45, 2.75) is 17.9 Å². The molecular formula is C11H16ClNOS. The molecule has 0 radical (unpaired) electrons. The van der Waals surface area contributed by atoms with E-state index in [-0.39, 0.29) is 6.61 Å². The molecule has 0 aliphatic heterocycles.